The maximum Gasteiger partial charge on any atom is 0.274 e. The lowest BCUT2D eigenvalue weighted by Gasteiger charge is -2.24. The number of likely N-dealkylation sites (tertiary alicyclic amines) is 1. The Hall–Kier alpha value is -2.89. The van der Waals surface area contributed by atoms with Crippen molar-refractivity contribution in [2.24, 2.45) is 0 Å². The van der Waals surface area contributed by atoms with Crippen LogP contribution in [0.15, 0.2) is 47.4 Å². The van der Waals surface area contributed by atoms with Crippen LogP contribution in [0.25, 0.3) is 5.52 Å². The summed E-state index contributed by atoms with van der Waals surface area (Å²) in [4.78, 5) is 29.5. The van der Waals surface area contributed by atoms with E-state index in [1.807, 2.05) is 35.2 Å². The molecule has 122 valence electrons. The largest absolute Gasteiger partial charge is 0.330 e. The van der Waals surface area contributed by atoms with Gasteiger partial charge in [-0.2, -0.15) is 5.10 Å². The SMILES string of the molecule is Cc1cn2nc(C(=O)N3CCCC3c3ccccc3)cc2c(=O)[nH]1. The number of nitrogens with one attached hydrogen (secondary N) is 1. The maximum absolute atomic E-state index is 12.9. The number of carbonyl (C=O) groups is 1. The average molecular weight is 322 g/mol. The molecule has 2 aromatic heterocycles. The summed E-state index contributed by atoms with van der Waals surface area (Å²) in [6.07, 6.45) is 3.63. The van der Waals surface area contributed by atoms with Crippen LogP contribution in [0.4, 0.5) is 0 Å². The predicted molar refractivity (Wildman–Crippen MR) is 90.0 cm³/mol. The van der Waals surface area contributed by atoms with Gasteiger partial charge >= 0.3 is 0 Å². The zero-order chi connectivity index (χ0) is 16.7. The highest BCUT2D eigenvalue weighted by molar-refractivity contribution is 5.94. The van der Waals surface area contributed by atoms with Crippen molar-refractivity contribution in [3.63, 3.8) is 0 Å². The smallest absolute Gasteiger partial charge is 0.274 e. The van der Waals surface area contributed by atoms with Crippen LogP contribution in [-0.4, -0.2) is 31.9 Å². The van der Waals surface area contributed by atoms with Gasteiger partial charge in [-0.25, -0.2) is 4.52 Å². The average Bonchev–Trinajstić information content (AvgIpc) is 3.22. The molecule has 1 aliphatic rings. The fourth-order valence-electron chi connectivity index (χ4n) is 3.40. The van der Waals surface area contributed by atoms with Gasteiger partial charge in [0.25, 0.3) is 11.5 Å². The van der Waals surface area contributed by atoms with Gasteiger partial charge in [-0.3, -0.25) is 9.59 Å². The zero-order valence-electron chi connectivity index (χ0n) is 13.4. The van der Waals surface area contributed by atoms with Crippen LogP contribution in [0.5, 0.6) is 0 Å². The van der Waals surface area contributed by atoms with Gasteiger partial charge in [0.15, 0.2) is 5.69 Å². The number of nitrogens with zero attached hydrogens (tertiary/aromatic N) is 3. The highest BCUT2D eigenvalue weighted by atomic mass is 16.2. The van der Waals surface area contributed by atoms with Crippen LogP contribution >= 0.6 is 0 Å². The Morgan fingerprint density at radius 3 is 2.88 bits per heavy atom. The molecule has 1 fully saturated rings. The molecule has 1 saturated heterocycles. The second-order valence-electron chi connectivity index (χ2n) is 6.19. The molecule has 0 radical (unpaired) electrons. The lowest BCUT2D eigenvalue weighted by molar-refractivity contribution is 0.0729. The first kappa shape index (κ1) is 14.7. The van der Waals surface area contributed by atoms with Crippen LogP contribution in [0.3, 0.4) is 0 Å². The summed E-state index contributed by atoms with van der Waals surface area (Å²) in [5.41, 5.74) is 2.31. The minimum absolute atomic E-state index is 0.0727. The van der Waals surface area contributed by atoms with E-state index in [0.717, 1.165) is 18.4 Å². The Labute approximate surface area is 138 Å². The molecule has 1 unspecified atom stereocenters. The molecule has 1 atom stereocenters. The topological polar surface area (TPSA) is 70.5 Å². The number of aromatic nitrogens is 3. The Morgan fingerprint density at radius 2 is 2.08 bits per heavy atom. The summed E-state index contributed by atoms with van der Waals surface area (Å²) >= 11 is 0. The van der Waals surface area contributed by atoms with Crippen molar-refractivity contribution in [3.8, 4) is 0 Å². The number of carbonyl (C=O) groups excluding carboxylic acids is 1. The fraction of sp³-hybridized carbons (Fsp3) is 0.278. The van der Waals surface area contributed by atoms with E-state index >= 15 is 0 Å². The van der Waals surface area contributed by atoms with E-state index in [4.69, 9.17) is 0 Å². The van der Waals surface area contributed by atoms with E-state index in [2.05, 4.69) is 10.1 Å². The number of amides is 1. The molecule has 6 nitrogen and oxygen atoms in total. The van der Waals surface area contributed by atoms with Crippen LogP contribution in [0.2, 0.25) is 0 Å². The standard InChI is InChI=1S/C18H18N4O2/c1-12-11-22-16(17(23)19-12)10-14(20-22)18(24)21-9-5-8-15(21)13-6-3-2-4-7-13/h2-4,6-7,10-11,15H,5,8-9H2,1H3,(H,19,23). The van der Waals surface area contributed by atoms with E-state index in [0.29, 0.717) is 23.4 Å². The number of benzene rings is 1. The van der Waals surface area contributed by atoms with E-state index < -0.39 is 0 Å². The second kappa shape index (κ2) is 5.63. The number of hydrogen-bond acceptors (Lipinski definition) is 3. The van der Waals surface area contributed by atoms with Crippen LogP contribution in [0, 0.1) is 6.92 Å². The fourth-order valence-corrected chi connectivity index (χ4v) is 3.40. The van der Waals surface area contributed by atoms with E-state index in [1.54, 1.807) is 19.2 Å². The van der Waals surface area contributed by atoms with Crippen molar-refractivity contribution in [2.45, 2.75) is 25.8 Å². The third kappa shape index (κ3) is 2.40. The van der Waals surface area contributed by atoms with Gasteiger partial charge in [0, 0.05) is 24.5 Å². The molecular weight excluding hydrogens is 304 g/mol. The summed E-state index contributed by atoms with van der Waals surface area (Å²) in [5.74, 6) is -0.123. The monoisotopic (exact) mass is 322 g/mol. The van der Waals surface area contributed by atoms with Crippen molar-refractivity contribution in [1.82, 2.24) is 19.5 Å². The van der Waals surface area contributed by atoms with Crippen LogP contribution in [-0.2, 0) is 0 Å². The Kier molecular flexibility index (Phi) is 3.45. The summed E-state index contributed by atoms with van der Waals surface area (Å²) in [7, 11) is 0. The molecule has 1 N–H and O–H groups in total. The summed E-state index contributed by atoms with van der Waals surface area (Å²) in [6.45, 7) is 2.50. The van der Waals surface area contributed by atoms with Gasteiger partial charge in [0.1, 0.15) is 5.52 Å². The number of fused-ring (bicyclic) bond motifs is 1. The van der Waals surface area contributed by atoms with Gasteiger partial charge in [0.2, 0.25) is 0 Å². The number of rotatable bonds is 2. The van der Waals surface area contributed by atoms with E-state index in [9.17, 15) is 9.59 Å². The van der Waals surface area contributed by atoms with Crippen molar-refractivity contribution in [2.75, 3.05) is 6.54 Å². The quantitative estimate of drug-likeness (QED) is 0.787. The minimum Gasteiger partial charge on any atom is -0.330 e. The van der Waals surface area contributed by atoms with Gasteiger partial charge in [-0.05, 0) is 25.3 Å². The lowest BCUT2D eigenvalue weighted by Crippen LogP contribution is -2.30. The number of H-pyrrole nitrogens is 1. The van der Waals surface area contributed by atoms with E-state index in [-0.39, 0.29) is 17.5 Å². The molecule has 6 heteroatoms. The van der Waals surface area contributed by atoms with Gasteiger partial charge in [-0.1, -0.05) is 30.3 Å². The molecule has 24 heavy (non-hydrogen) atoms. The summed E-state index contributed by atoms with van der Waals surface area (Å²) in [6, 6.07) is 11.7. The third-order valence-corrected chi connectivity index (χ3v) is 4.51. The van der Waals surface area contributed by atoms with Crippen molar-refractivity contribution in [1.29, 1.82) is 0 Å². The lowest BCUT2D eigenvalue weighted by atomic mass is 10.0. The molecule has 0 saturated carbocycles. The number of hydrogen-bond donors (Lipinski definition) is 1. The predicted octanol–water partition coefficient (Wildman–Crippen LogP) is 2.31. The minimum atomic E-state index is -0.234. The van der Waals surface area contributed by atoms with Crippen molar-refractivity contribution < 1.29 is 4.79 Å². The Bertz CT molecular complexity index is 958. The highest BCUT2D eigenvalue weighted by Crippen LogP contribution is 2.32. The highest BCUT2D eigenvalue weighted by Gasteiger charge is 2.31. The van der Waals surface area contributed by atoms with Crippen molar-refractivity contribution in [3.05, 3.63) is 69.9 Å². The molecule has 0 aliphatic carbocycles. The number of aromatic amines is 1. The Balaban J connectivity index is 1.70. The van der Waals surface area contributed by atoms with Crippen LogP contribution in [0.1, 0.15) is 40.6 Å². The first-order chi connectivity index (χ1) is 11.6. The van der Waals surface area contributed by atoms with Crippen LogP contribution < -0.4 is 5.56 Å². The molecule has 4 rings (SSSR count). The molecular formula is C18H18N4O2. The van der Waals surface area contributed by atoms with Gasteiger partial charge in [-0.15, -0.1) is 0 Å². The number of aryl methyl sites for hydroxylation is 1. The Morgan fingerprint density at radius 1 is 1.29 bits per heavy atom. The first-order valence-electron chi connectivity index (χ1n) is 8.09. The molecule has 0 bridgehead atoms. The molecule has 1 aromatic carbocycles. The summed E-state index contributed by atoms with van der Waals surface area (Å²) in [5, 5.41) is 4.31. The molecule has 0 spiro atoms. The summed E-state index contributed by atoms with van der Waals surface area (Å²) < 4.78 is 1.48. The molecule has 1 aliphatic heterocycles. The van der Waals surface area contributed by atoms with Gasteiger partial charge < -0.3 is 9.88 Å². The molecule has 3 heterocycles. The van der Waals surface area contributed by atoms with Gasteiger partial charge in [0.05, 0.1) is 6.04 Å². The molecule has 3 aromatic rings. The van der Waals surface area contributed by atoms with Crippen molar-refractivity contribution >= 4 is 11.4 Å². The van der Waals surface area contributed by atoms with E-state index in [1.165, 1.54) is 4.52 Å². The third-order valence-electron chi connectivity index (χ3n) is 4.51. The molecule has 1 amide bonds. The first-order valence-corrected chi connectivity index (χ1v) is 8.09. The zero-order valence-corrected chi connectivity index (χ0v) is 13.4. The normalized spacial score (nSPS) is 17.5. The maximum atomic E-state index is 12.9. The second-order valence-corrected chi connectivity index (χ2v) is 6.19.